The van der Waals surface area contributed by atoms with Crippen LogP contribution in [0, 0.1) is 0 Å². The van der Waals surface area contributed by atoms with Gasteiger partial charge in [0, 0.05) is 0 Å². The minimum absolute atomic E-state index is 0.0249. The van der Waals surface area contributed by atoms with Gasteiger partial charge in [0.2, 0.25) is 0 Å². The van der Waals surface area contributed by atoms with Crippen molar-refractivity contribution in [1.82, 2.24) is 0 Å². The molecule has 0 saturated heterocycles. The van der Waals surface area contributed by atoms with Crippen molar-refractivity contribution in [2.24, 2.45) is 0 Å². The normalized spacial score (nSPS) is 16.8. The van der Waals surface area contributed by atoms with Crippen LogP contribution in [0.25, 0.3) is 0 Å². The van der Waals surface area contributed by atoms with E-state index in [1.165, 1.54) is 36.6 Å². The van der Waals surface area contributed by atoms with Crippen LogP contribution in [0.15, 0.2) is 24.3 Å². The number of amides is 1. The Kier molecular flexibility index (Phi) is 4.64. The van der Waals surface area contributed by atoms with Crippen LogP contribution < -0.4 is 9.78 Å². The number of carbonyl (C=O) groups is 1. The zero-order valence-corrected chi connectivity index (χ0v) is 12.0. The van der Waals surface area contributed by atoms with Crippen LogP contribution in [0.2, 0.25) is 4.82 Å². The van der Waals surface area contributed by atoms with Crippen LogP contribution in [0.5, 0.6) is 0 Å². The summed E-state index contributed by atoms with van der Waals surface area (Å²) in [7, 11) is 0. The van der Waals surface area contributed by atoms with E-state index >= 15 is 0 Å². The zero-order valence-electron chi connectivity index (χ0n) is 10.2. The van der Waals surface area contributed by atoms with Crippen LogP contribution in [0.1, 0.15) is 39.0 Å². The number of hydrogen-bond donors (Lipinski definition) is 1. The Morgan fingerprint density at radius 2 is 1.94 bits per heavy atom. The molecule has 1 amide bonds. The fraction of sp³-hybridized carbons (Fsp3) is 0.500. The molecule has 0 spiro atoms. The molecule has 1 aliphatic carbocycles. The number of nitrogens with one attached hydrogen (secondary N) is 1. The molecule has 1 saturated carbocycles. The van der Waals surface area contributed by atoms with Crippen molar-refractivity contribution in [3.63, 3.8) is 0 Å². The molecule has 1 aromatic carbocycles. The SMILES string of the molecule is CC(=O)Nc1ccccc1[Se]C1CCCCC1. The first-order valence-corrected chi connectivity index (χ1v) is 8.13. The number of hydrogen-bond acceptors (Lipinski definition) is 1. The molecule has 2 rings (SSSR count). The maximum atomic E-state index is 11.2. The first-order chi connectivity index (χ1) is 8.25. The van der Waals surface area contributed by atoms with Crippen molar-refractivity contribution in [3.05, 3.63) is 24.3 Å². The number of benzene rings is 1. The van der Waals surface area contributed by atoms with Gasteiger partial charge >= 0.3 is 109 Å². The third kappa shape index (κ3) is 3.86. The van der Waals surface area contributed by atoms with E-state index in [0.717, 1.165) is 10.5 Å². The summed E-state index contributed by atoms with van der Waals surface area (Å²) in [6.45, 7) is 1.57. The second kappa shape index (κ2) is 6.23. The first-order valence-electron chi connectivity index (χ1n) is 6.29. The molecule has 1 aliphatic rings. The number of anilines is 1. The average molecular weight is 296 g/mol. The van der Waals surface area contributed by atoms with E-state index < -0.39 is 0 Å². The molecule has 0 aromatic heterocycles. The van der Waals surface area contributed by atoms with E-state index in [2.05, 4.69) is 17.4 Å². The fourth-order valence-corrected chi connectivity index (χ4v) is 5.02. The molecule has 2 nitrogen and oxygen atoms in total. The summed E-state index contributed by atoms with van der Waals surface area (Å²) in [6, 6.07) is 8.25. The molecule has 0 aliphatic heterocycles. The Hall–Kier alpha value is -0.791. The molecule has 0 radical (unpaired) electrons. The van der Waals surface area contributed by atoms with Gasteiger partial charge in [-0.2, -0.15) is 0 Å². The summed E-state index contributed by atoms with van der Waals surface area (Å²) in [5, 5.41) is 2.94. The van der Waals surface area contributed by atoms with Crippen LogP contribution in [0.4, 0.5) is 5.69 Å². The van der Waals surface area contributed by atoms with Gasteiger partial charge in [0.15, 0.2) is 0 Å². The van der Waals surface area contributed by atoms with Crippen molar-refractivity contribution < 1.29 is 4.79 Å². The van der Waals surface area contributed by atoms with Crippen LogP contribution in [-0.4, -0.2) is 20.9 Å². The summed E-state index contributed by atoms with van der Waals surface area (Å²) >= 11 is 0.499. The van der Waals surface area contributed by atoms with Gasteiger partial charge in [0.25, 0.3) is 0 Å². The van der Waals surface area contributed by atoms with Gasteiger partial charge < -0.3 is 0 Å². The molecule has 1 N–H and O–H groups in total. The second-order valence-electron chi connectivity index (χ2n) is 4.56. The minimum atomic E-state index is 0.0249. The van der Waals surface area contributed by atoms with E-state index in [4.69, 9.17) is 0 Å². The Morgan fingerprint density at radius 3 is 2.65 bits per heavy atom. The van der Waals surface area contributed by atoms with Gasteiger partial charge in [0.1, 0.15) is 0 Å². The maximum absolute atomic E-state index is 11.2. The van der Waals surface area contributed by atoms with Gasteiger partial charge in [-0.3, -0.25) is 0 Å². The van der Waals surface area contributed by atoms with Crippen molar-refractivity contribution >= 4 is 31.0 Å². The third-order valence-corrected chi connectivity index (χ3v) is 6.01. The van der Waals surface area contributed by atoms with E-state index in [1.54, 1.807) is 6.92 Å². The topological polar surface area (TPSA) is 29.1 Å². The van der Waals surface area contributed by atoms with Gasteiger partial charge in [-0.25, -0.2) is 0 Å². The Bertz CT molecular complexity index is 386. The van der Waals surface area contributed by atoms with Crippen molar-refractivity contribution in [2.45, 2.75) is 43.8 Å². The average Bonchev–Trinajstić information content (AvgIpc) is 2.32. The Labute approximate surface area is 109 Å². The predicted molar refractivity (Wildman–Crippen MR) is 73.0 cm³/mol. The molecule has 92 valence electrons. The molecule has 0 bridgehead atoms. The van der Waals surface area contributed by atoms with Crippen LogP contribution >= 0.6 is 0 Å². The zero-order chi connectivity index (χ0) is 12.1. The van der Waals surface area contributed by atoms with Crippen molar-refractivity contribution in [1.29, 1.82) is 0 Å². The molecule has 17 heavy (non-hydrogen) atoms. The second-order valence-corrected chi connectivity index (χ2v) is 7.37. The van der Waals surface area contributed by atoms with Gasteiger partial charge in [0.05, 0.1) is 0 Å². The molecule has 1 fully saturated rings. The summed E-state index contributed by atoms with van der Waals surface area (Å²) < 4.78 is 1.35. The van der Waals surface area contributed by atoms with Crippen molar-refractivity contribution in [2.75, 3.05) is 5.32 Å². The standard InChI is InChI=1S/C14H19NOSe/c1-11(16)15-13-9-5-6-10-14(13)17-12-7-3-2-4-8-12/h5-6,9-10,12H,2-4,7-8H2,1H3,(H,15,16). The summed E-state index contributed by atoms with van der Waals surface area (Å²) in [5.41, 5.74) is 1.02. The number of para-hydroxylation sites is 1. The molecular weight excluding hydrogens is 277 g/mol. The number of carbonyl (C=O) groups excluding carboxylic acids is 1. The quantitative estimate of drug-likeness (QED) is 0.854. The van der Waals surface area contributed by atoms with E-state index in [9.17, 15) is 4.79 Å². The van der Waals surface area contributed by atoms with Crippen LogP contribution in [-0.2, 0) is 4.79 Å². The van der Waals surface area contributed by atoms with Gasteiger partial charge in [-0.15, -0.1) is 0 Å². The van der Waals surface area contributed by atoms with Crippen molar-refractivity contribution in [3.8, 4) is 0 Å². The van der Waals surface area contributed by atoms with E-state index in [1.807, 2.05) is 12.1 Å². The molecule has 0 unspecified atom stereocenters. The summed E-state index contributed by atoms with van der Waals surface area (Å²) in [5.74, 6) is 0.0249. The molecule has 0 atom stereocenters. The molecule has 0 heterocycles. The summed E-state index contributed by atoms with van der Waals surface area (Å²) in [4.78, 5) is 12.0. The molecular formula is C14H19NOSe. The first kappa shape index (κ1) is 12.7. The monoisotopic (exact) mass is 297 g/mol. The predicted octanol–water partition coefficient (Wildman–Crippen LogP) is 2.73. The van der Waals surface area contributed by atoms with Gasteiger partial charge in [-0.1, -0.05) is 0 Å². The fourth-order valence-electron chi connectivity index (χ4n) is 2.22. The van der Waals surface area contributed by atoms with Gasteiger partial charge in [-0.05, 0) is 0 Å². The molecule has 1 aromatic rings. The number of rotatable bonds is 3. The Balaban J connectivity index is 2.05. The van der Waals surface area contributed by atoms with Crippen LogP contribution in [0.3, 0.4) is 0 Å². The third-order valence-electron chi connectivity index (χ3n) is 3.04. The molecule has 3 heteroatoms. The summed E-state index contributed by atoms with van der Waals surface area (Å²) in [6.07, 6.45) is 6.91. The van der Waals surface area contributed by atoms with E-state index in [-0.39, 0.29) is 5.91 Å². The van der Waals surface area contributed by atoms with E-state index in [0.29, 0.717) is 15.0 Å². The Morgan fingerprint density at radius 1 is 1.24 bits per heavy atom.